The van der Waals surface area contributed by atoms with Crippen LogP contribution >= 0.6 is 23.1 Å². The predicted molar refractivity (Wildman–Crippen MR) is 91.2 cm³/mol. The molecule has 3 rings (SSSR count). The lowest BCUT2D eigenvalue weighted by Gasteiger charge is -2.09. The van der Waals surface area contributed by atoms with Crippen molar-refractivity contribution in [2.24, 2.45) is 0 Å². The Hall–Kier alpha value is -2.19. The summed E-state index contributed by atoms with van der Waals surface area (Å²) in [5.74, 6) is -0.00134. The Labute approximate surface area is 146 Å². The van der Waals surface area contributed by atoms with E-state index >= 15 is 0 Å². The molecule has 8 heteroatoms. The van der Waals surface area contributed by atoms with Crippen LogP contribution in [-0.4, -0.2) is 21.4 Å². The zero-order valence-corrected chi connectivity index (χ0v) is 14.4. The first-order chi connectivity index (χ1) is 11.6. The third-order valence-corrected chi connectivity index (χ3v) is 4.96. The molecule has 0 aliphatic rings. The summed E-state index contributed by atoms with van der Waals surface area (Å²) in [6, 6.07) is 9.81. The van der Waals surface area contributed by atoms with Crippen LogP contribution in [0.1, 0.15) is 12.5 Å². The summed E-state index contributed by atoms with van der Waals surface area (Å²) in [4.78, 5) is 13.0. The summed E-state index contributed by atoms with van der Waals surface area (Å²) in [6.07, 6.45) is 0. The number of thioether (sulfide) groups is 1. The van der Waals surface area contributed by atoms with E-state index in [1.165, 1.54) is 35.2 Å². The van der Waals surface area contributed by atoms with Crippen LogP contribution in [0.2, 0.25) is 0 Å². The van der Waals surface area contributed by atoms with E-state index in [1.807, 2.05) is 17.5 Å². The van der Waals surface area contributed by atoms with Gasteiger partial charge in [0.25, 0.3) is 11.1 Å². The molecule has 5 nitrogen and oxygen atoms in total. The van der Waals surface area contributed by atoms with Crippen LogP contribution in [0, 0.1) is 5.82 Å². The molecule has 1 atom stereocenters. The highest BCUT2D eigenvalue weighted by atomic mass is 32.2. The summed E-state index contributed by atoms with van der Waals surface area (Å²) in [5.41, 5.74) is 0.833. The lowest BCUT2D eigenvalue weighted by atomic mass is 10.2. The SMILES string of the molecule is C[C@H](Sc1nnc(-c2cccs2)o1)C(=O)NCc1ccc(F)cc1. The molecule has 0 fully saturated rings. The minimum absolute atomic E-state index is 0.153. The number of amides is 1. The maximum absolute atomic E-state index is 12.8. The number of hydrogen-bond acceptors (Lipinski definition) is 6. The van der Waals surface area contributed by atoms with E-state index in [1.54, 1.807) is 19.1 Å². The van der Waals surface area contributed by atoms with E-state index < -0.39 is 0 Å². The lowest BCUT2D eigenvalue weighted by Crippen LogP contribution is -2.30. The van der Waals surface area contributed by atoms with Gasteiger partial charge in [0.15, 0.2) is 0 Å². The van der Waals surface area contributed by atoms with E-state index in [9.17, 15) is 9.18 Å². The first-order valence-corrected chi connectivity index (χ1v) is 8.94. The van der Waals surface area contributed by atoms with Crippen molar-refractivity contribution in [1.82, 2.24) is 15.5 Å². The Kier molecular flexibility index (Phi) is 5.27. The maximum Gasteiger partial charge on any atom is 0.277 e. The van der Waals surface area contributed by atoms with Crippen LogP contribution in [0.5, 0.6) is 0 Å². The van der Waals surface area contributed by atoms with E-state index in [4.69, 9.17) is 4.42 Å². The molecular weight excluding hydrogens is 349 g/mol. The average Bonchev–Trinajstić information content (AvgIpc) is 3.25. The zero-order chi connectivity index (χ0) is 16.9. The fourth-order valence-corrected chi connectivity index (χ4v) is 3.25. The van der Waals surface area contributed by atoms with Crippen molar-refractivity contribution in [2.75, 3.05) is 0 Å². The molecule has 0 spiro atoms. The number of carbonyl (C=O) groups is 1. The predicted octanol–water partition coefficient (Wildman–Crippen LogP) is 3.73. The minimum atomic E-state index is -0.387. The molecule has 1 N–H and O–H groups in total. The molecule has 0 saturated carbocycles. The number of aromatic nitrogens is 2. The first kappa shape index (κ1) is 16.7. The summed E-state index contributed by atoms with van der Waals surface area (Å²) in [5, 5.41) is 12.6. The van der Waals surface area contributed by atoms with Crippen molar-refractivity contribution in [2.45, 2.75) is 23.9 Å². The van der Waals surface area contributed by atoms with Gasteiger partial charge in [0.2, 0.25) is 5.91 Å². The monoisotopic (exact) mass is 363 g/mol. The van der Waals surface area contributed by atoms with Crippen LogP contribution < -0.4 is 5.32 Å². The topological polar surface area (TPSA) is 68.0 Å². The summed E-state index contributed by atoms with van der Waals surface area (Å²) in [7, 11) is 0. The molecule has 0 saturated heterocycles. The van der Waals surface area contributed by atoms with Crippen LogP contribution in [0.4, 0.5) is 4.39 Å². The van der Waals surface area contributed by atoms with Crippen molar-refractivity contribution < 1.29 is 13.6 Å². The van der Waals surface area contributed by atoms with Crippen molar-refractivity contribution in [1.29, 1.82) is 0 Å². The van der Waals surface area contributed by atoms with Crippen molar-refractivity contribution in [3.63, 3.8) is 0 Å². The van der Waals surface area contributed by atoms with Crippen molar-refractivity contribution in [3.8, 4) is 10.8 Å². The molecule has 24 heavy (non-hydrogen) atoms. The van der Waals surface area contributed by atoms with Gasteiger partial charge in [-0.15, -0.1) is 21.5 Å². The summed E-state index contributed by atoms with van der Waals surface area (Å²) in [6.45, 7) is 2.11. The maximum atomic E-state index is 12.8. The molecule has 2 aromatic heterocycles. The number of hydrogen-bond donors (Lipinski definition) is 1. The lowest BCUT2D eigenvalue weighted by molar-refractivity contribution is -0.120. The second kappa shape index (κ2) is 7.59. The van der Waals surface area contributed by atoms with Crippen LogP contribution in [0.15, 0.2) is 51.4 Å². The van der Waals surface area contributed by atoms with E-state index in [-0.39, 0.29) is 17.0 Å². The Bertz CT molecular complexity index is 803. The Morgan fingerprint density at radius 3 is 2.83 bits per heavy atom. The minimum Gasteiger partial charge on any atom is -0.410 e. The van der Waals surface area contributed by atoms with Gasteiger partial charge in [0, 0.05) is 6.54 Å². The summed E-state index contributed by atoms with van der Waals surface area (Å²) < 4.78 is 18.4. The molecule has 1 aromatic carbocycles. The largest absolute Gasteiger partial charge is 0.410 e. The fraction of sp³-hybridized carbons (Fsp3) is 0.188. The molecule has 0 aliphatic heterocycles. The van der Waals surface area contributed by atoms with Gasteiger partial charge in [-0.05, 0) is 36.1 Å². The third kappa shape index (κ3) is 4.21. The molecule has 0 unspecified atom stereocenters. The van der Waals surface area contributed by atoms with Crippen molar-refractivity contribution >= 4 is 29.0 Å². The number of nitrogens with zero attached hydrogens (tertiary/aromatic N) is 2. The van der Waals surface area contributed by atoms with Gasteiger partial charge in [-0.2, -0.15) is 0 Å². The van der Waals surface area contributed by atoms with Crippen LogP contribution in [0.3, 0.4) is 0 Å². The van der Waals surface area contributed by atoms with Gasteiger partial charge in [-0.25, -0.2) is 4.39 Å². The van der Waals surface area contributed by atoms with Gasteiger partial charge in [0.1, 0.15) is 5.82 Å². The summed E-state index contributed by atoms with van der Waals surface area (Å²) >= 11 is 2.71. The molecule has 0 bridgehead atoms. The van der Waals surface area contributed by atoms with Gasteiger partial charge >= 0.3 is 0 Å². The Morgan fingerprint density at radius 2 is 2.12 bits per heavy atom. The molecule has 1 amide bonds. The van der Waals surface area contributed by atoms with E-state index in [0.717, 1.165) is 10.4 Å². The zero-order valence-electron chi connectivity index (χ0n) is 12.7. The molecule has 2 heterocycles. The fourth-order valence-electron chi connectivity index (χ4n) is 1.90. The normalized spacial score (nSPS) is 12.1. The van der Waals surface area contributed by atoms with Gasteiger partial charge in [-0.3, -0.25) is 4.79 Å². The third-order valence-electron chi connectivity index (χ3n) is 3.17. The van der Waals surface area contributed by atoms with Gasteiger partial charge < -0.3 is 9.73 Å². The molecule has 3 aromatic rings. The molecule has 124 valence electrons. The second-order valence-electron chi connectivity index (χ2n) is 4.95. The van der Waals surface area contributed by atoms with E-state index in [0.29, 0.717) is 17.7 Å². The number of halogens is 1. The second-order valence-corrected chi connectivity index (χ2v) is 7.19. The molecule has 0 aliphatic carbocycles. The van der Waals surface area contributed by atoms with Crippen molar-refractivity contribution in [3.05, 3.63) is 53.2 Å². The van der Waals surface area contributed by atoms with Crippen LogP contribution in [0.25, 0.3) is 10.8 Å². The molecular formula is C16H14FN3O2S2. The van der Waals surface area contributed by atoms with Gasteiger partial charge in [0.05, 0.1) is 10.1 Å². The van der Waals surface area contributed by atoms with E-state index in [2.05, 4.69) is 15.5 Å². The number of benzene rings is 1. The molecule has 0 radical (unpaired) electrons. The number of carbonyl (C=O) groups excluding carboxylic acids is 1. The number of nitrogens with one attached hydrogen (secondary N) is 1. The number of thiophene rings is 1. The highest BCUT2D eigenvalue weighted by molar-refractivity contribution is 8.00. The Balaban J connectivity index is 1.53. The smallest absolute Gasteiger partial charge is 0.277 e. The average molecular weight is 363 g/mol. The van der Waals surface area contributed by atoms with Crippen LogP contribution in [-0.2, 0) is 11.3 Å². The quantitative estimate of drug-likeness (QED) is 0.676. The highest BCUT2D eigenvalue weighted by Gasteiger charge is 2.18. The Morgan fingerprint density at radius 1 is 1.33 bits per heavy atom. The number of rotatable bonds is 6. The standard InChI is InChI=1S/C16H14FN3O2S2/c1-10(14(21)18-9-11-4-6-12(17)7-5-11)24-16-20-19-15(22-16)13-3-2-8-23-13/h2-8,10H,9H2,1H3,(H,18,21)/t10-/m0/s1. The first-order valence-electron chi connectivity index (χ1n) is 7.18. The highest BCUT2D eigenvalue weighted by Crippen LogP contribution is 2.28. The van der Waals surface area contributed by atoms with Gasteiger partial charge in [-0.1, -0.05) is 30.0 Å².